The van der Waals surface area contributed by atoms with Gasteiger partial charge in [-0.25, -0.2) is 0 Å². The molecule has 124 valence electrons. The summed E-state index contributed by atoms with van der Waals surface area (Å²) in [5.41, 5.74) is 6.64. The van der Waals surface area contributed by atoms with Crippen LogP contribution in [0.25, 0.3) is 11.6 Å². The third-order valence-electron chi connectivity index (χ3n) is 3.99. The summed E-state index contributed by atoms with van der Waals surface area (Å²) >= 11 is 0. The van der Waals surface area contributed by atoms with E-state index < -0.39 is 0 Å². The van der Waals surface area contributed by atoms with Gasteiger partial charge >= 0.3 is 0 Å². The molecule has 2 heteroatoms. The van der Waals surface area contributed by atoms with Gasteiger partial charge in [0.2, 0.25) is 5.91 Å². The highest BCUT2D eigenvalue weighted by atomic mass is 16.1. The van der Waals surface area contributed by atoms with Crippen molar-refractivity contribution in [1.82, 2.24) is 0 Å². The molecule has 1 N–H and O–H groups in total. The van der Waals surface area contributed by atoms with Crippen molar-refractivity contribution < 1.29 is 4.79 Å². The Bertz CT molecular complexity index is 876. The van der Waals surface area contributed by atoms with Gasteiger partial charge in [0.15, 0.2) is 0 Å². The molecule has 0 spiro atoms. The van der Waals surface area contributed by atoms with Gasteiger partial charge in [0.05, 0.1) is 0 Å². The SMILES string of the molecule is CC(=O)Nc1ccc(/C(=C/c2ccc(C)cc2)c2ccccc2)cc1. The van der Waals surface area contributed by atoms with Crippen LogP contribution in [0.4, 0.5) is 5.69 Å². The Balaban J connectivity index is 2.02. The van der Waals surface area contributed by atoms with Crippen LogP contribution in [0.2, 0.25) is 0 Å². The van der Waals surface area contributed by atoms with Crippen LogP contribution in [0.15, 0.2) is 78.9 Å². The average molecular weight is 327 g/mol. The molecule has 25 heavy (non-hydrogen) atoms. The molecule has 0 bridgehead atoms. The van der Waals surface area contributed by atoms with Crippen LogP contribution in [0.1, 0.15) is 29.2 Å². The van der Waals surface area contributed by atoms with Gasteiger partial charge in [-0.15, -0.1) is 0 Å². The summed E-state index contributed by atoms with van der Waals surface area (Å²) < 4.78 is 0. The van der Waals surface area contributed by atoms with E-state index in [1.807, 2.05) is 42.5 Å². The Morgan fingerprint density at radius 2 is 1.40 bits per heavy atom. The molecule has 0 saturated carbocycles. The fraction of sp³-hybridized carbons (Fsp3) is 0.0870. The maximum atomic E-state index is 11.2. The lowest BCUT2D eigenvalue weighted by molar-refractivity contribution is -0.114. The Hall–Kier alpha value is -3.13. The van der Waals surface area contributed by atoms with E-state index in [4.69, 9.17) is 0 Å². The highest BCUT2D eigenvalue weighted by Crippen LogP contribution is 2.27. The Morgan fingerprint density at radius 3 is 2.00 bits per heavy atom. The molecule has 0 unspecified atom stereocenters. The minimum atomic E-state index is -0.0637. The van der Waals surface area contributed by atoms with E-state index in [1.165, 1.54) is 12.5 Å². The molecule has 0 aromatic heterocycles. The van der Waals surface area contributed by atoms with E-state index in [9.17, 15) is 4.79 Å². The second-order valence-corrected chi connectivity index (χ2v) is 6.09. The maximum Gasteiger partial charge on any atom is 0.221 e. The largest absolute Gasteiger partial charge is 0.326 e. The smallest absolute Gasteiger partial charge is 0.221 e. The monoisotopic (exact) mass is 327 g/mol. The first kappa shape index (κ1) is 16.7. The highest BCUT2D eigenvalue weighted by Gasteiger charge is 2.06. The first-order valence-electron chi connectivity index (χ1n) is 8.33. The number of amides is 1. The maximum absolute atomic E-state index is 11.2. The van der Waals surface area contributed by atoms with Crippen molar-refractivity contribution in [2.24, 2.45) is 0 Å². The summed E-state index contributed by atoms with van der Waals surface area (Å²) in [7, 11) is 0. The summed E-state index contributed by atoms with van der Waals surface area (Å²) in [6.45, 7) is 3.60. The second kappa shape index (κ2) is 7.63. The van der Waals surface area contributed by atoms with E-state index in [0.717, 1.165) is 28.0 Å². The minimum Gasteiger partial charge on any atom is -0.326 e. The van der Waals surface area contributed by atoms with Crippen LogP contribution in [0.3, 0.4) is 0 Å². The molecule has 0 fully saturated rings. The molecule has 3 aromatic rings. The van der Waals surface area contributed by atoms with Gasteiger partial charge < -0.3 is 5.32 Å². The van der Waals surface area contributed by atoms with Crippen molar-refractivity contribution in [1.29, 1.82) is 0 Å². The number of hydrogen-bond acceptors (Lipinski definition) is 1. The Labute approximate surface area is 148 Å². The van der Waals surface area contributed by atoms with Gasteiger partial charge in [-0.2, -0.15) is 0 Å². The minimum absolute atomic E-state index is 0.0637. The topological polar surface area (TPSA) is 29.1 Å². The van der Waals surface area contributed by atoms with Gasteiger partial charge in [-0.3, -0.25) is 4.79 Å². The Kier molecular flexibility index (Phi) is 5.10. The number of hydrogen-bond donors (Lipinski definition) is 1. The van der Waals surface area contributed by atoms with Crippen molar-refractivity contribution in [3.63, 3.8) is 0 Å². The van der Waals surface area contributed by atoms with Crippen LogP contribution in [0, 0.1) is 6.92 Å². The van der Waals surface area contributed by atoms with E-state index >= 15 is 0 Å². The number of nitrogens with one attached hydrogen (secondary N) is 1. The number of anilines is 1. The standard InChI is InChI=1S/C23H21NO/c1-17-8-10-19(11-9-17)16-23(20-6-4-3-5-7-20)21-12-14-22(15-13-21)24-18(2)25/h3-16H,1-2H3,(H,24,25)/b23-16+. The van der Waals surface area contributed by atoms with Gasteiger partial charge in [-0.05, 0) is 47.4 Å². The molecule has 2 nitrogen and oxygen atoms in total. The van der Waals surface area contributed by atoms with Crippen LogP contribution >= 0.6 is 0 Å². The molecule has 0 heterocycles. The van der Waals surface area contributed by atoms with Crippen LogP contribution in [-0.2, 0) is 4.79 Å². The number of rotatable bonds is 4. The summed E-state index contributed by atoms with van der Waals surface area (Å²) in [5.74, 6) is -0.0637. The van der Waals surface area contributed by atoms with Gasteiger partial charge in [0.1, 0.15) is 0 Å². The Morgan fingerprint density at radius 1 is 0.800 bits per heavy atom. The van der Waals surface area contributed by atoms with Crippen molar-refractivity contribution in [3.8, 4) is 0 Å². The molecule has 0 aliphatic carbocycles. The summed E-state index contributed by atoms with van der Waals surface area (Å²) in [5, 5.41) is 2.81. The van der Waals surface area contributed by atoms with Crippen molar-refractivity contribution in [2.75, 3.05) is 5.32 Å². The molecule has 3 aromatic carbocycles. The molecule has 0 radical (unpaired) electrons. The van der Waals surface area contributed by atoms with E-state index in [1.54, 1.807) is 0 Å². The van der Waals surface area contributed by atoms with Crippen LogP contribution in [-0.4, -0.2) is 5.91 Å². The fourth-order valence-electron chi connectivity index (χ4n) is 2.72. The van der Waals surface area contributed by atoms with Crippen LogP contribution in [0.5, 0.6) is 0 Å². The lowest BCUT2D eigenvalue weighted by Gasteiger charge is -2.10. The number of aryl methyl sites for hydroxylation is 1. The number of carbonyl (C=O) groups excluding carboxylic acids is 1. The van der Waals surface area contributed by atoms with Crippen molar-refractivity contribution in [2.45, 2.75) is 13.8 Å². The lowest BCUT2D eigenvalue weighted by Crippen LogP contribution is -2.05. The molecule has 0 aliphatic heterocycles. The molecule has 0 atom stereocenters. The number of benzene rings is 3. The van der Waals surface area contributed by atoms with Gasteiger partial charge in [-0.1, -0.05) is 72.3 Å². The van der Waals surface area contributed by atoms with Crippen molar-refractivity contribution in [3.05, 3.63) is 101 Å². The molecule has 0 saturated heterocycles. The molecule has 3 rings (SSSR count). The van der Waals surface area contributed by atoms with E-state index in [2.05, 4.69) is 54.7 Å². The summed E-state index contributed by atoms with van der Waals surface area (Å²) in [6, 6.07) is 26.8. The normalized spacial score (nSPS) is 11.2. The third-order valence-corrected chi connectivity index (χ3v) is 3.99. The fourth-order valence-corrected chi connectivity index (χ4v) is 2.72. The molecular formula is C23H21NO. The first-order chi connectivity index (χ1) is 12.1. The van der Waals surface area contributed by atoms with Crippen LogP contribution < -0.4 is 5.32 Å². The zero-order valence-corrected chi connectivity index (χ0v) is 14.5. The summed E-state index contributed by atoms with van der Waals surface area (Å²) in [6.07, 6.45) is 2.20. The second-order valence-electron chi connectivity index (χ2n) is 6.09. The predicted octanol–water partition coefficient (Wildman–Crippen LogP) is 5.54. The van der Waals surface area contributed by atoms with E-state index in [0.29, 0.717) is 0 Å². The lowest BCUT2D eigenvalue weighted by atomic mass is 9.95. The van der Waals surface area contributed by atoms with Gasteiger partial charge in [0, 0.05) is 12.6 Å². The molecular weight excluding hydrogens is 306 g/mol. The quantitative estimate of drug-likeness (QED) is 0.626. The zero-order chi connectivity index (χ0) is 17.6. The summed E-state index contributed by atoms with van der Waals surface area (Å²) in [4.78, 5) is 11.2. The van der Waals surface area contributed by atoms with Crippen molar-refractivity contribution >= 4 is 23.2 Å². The molecule has 1 amide bonds. The predicted molar refractivity (Wildman–Crippen MR) is 105 cm³/mol. The third kappa shape index (κ3) is 4.45. The number of carbonyl (C=O) groups is 1. The van der Waals surface area contributed by atoms with E-state index in [-0.39, 0.29) is 5.91 Å². The van der Waals surface area contributed by atoms with Gasteiger partial charge in [0.25, 0.3) is 0 Å². The highest BCUT2D eigenvalue weighted by molar-refractivity contribution is 5.93. The zero-order valence-electron chi connectivity index (χ0n) is 14.5. The molecule has 0 aliphatic rings. The average Bonchev–Trinajstić information content (AvgIpc) is 2.62. The first-order valence-corrected chi connectivity index (χ1v) is 8.33.